The fraction of sp³-hybridized carbons (Fsp3) is 0.500. The highest BCUT2D eigenvalue weighted by atomic mass is 16.2. The van der Waals surface area contributed by atoms with E-state index in [1.807, 2.05) is 13.8 Å². The molecule has 1 saturated carbocycles. The molecule has 1 aliphatic carbocycles. The van der Waals surface area contributed by atoms with Gasteiger partial charge in [0.1, 0.15) is 0 Å². The molecule has 1 aromatic carbocycles. The van der Waals surface area contributed by atoms with Crippen LogP contribution in [0.4, 0.5) is 5.69 Å². The number of anilines is 1. The fourth-order valence-corrected chi connectivity index (χ4v) is 2.10. The normalized spacial score (nSPS) is 15.3. The molecule has 1 fully saturated rings. The minimum atomic E-state index is -0.123. The highest BCUT2D eigenvalue weighted by Crippen LogP contribution is 2.30. The Morgan fingerprint density at radius 3 is 2.76 bits per heavy atom. The van der Waals surface area contributed by atoms with E-state index >= 15 is 0 Å². The summed E-state index contributed by atoms with van der Waals surface area (Å²) in [5, 5.41) is 8.98. The maximum absolute atomic E-state index is 12.1. The molecule has 114 valence electrons. The third-order valence-electron chi connectivity index (χ3n) is 3.46. The minimum absolute atomic E-state index is 0.0494. The first-order valence-electron chi connectivity index (χ1n) is 7.52. The highest BCUT2D eigenvalue weighted by Gasteiger charge is 2.29. The molecule has 0 unspecified atom stereocenters. The van der Waals surface area contributed by atoms with Gasteiger partial charge in [-0.15, -0.1) is 0 Å². The molecule has 5 heteroatoms. The van der Waals surface area contributed by atoms with E-state index in [4.69, 9.17) is 0 Å². The van der Waals surface area contributed by atoms with Crippen LogP contribution in [0, 0.1) is 5.92 Å². The van der Waals surface area contributed by atoms with Crippen LogP contribution in [0.25, 0.3) is 0 Å². The zero-order valence-corrected chi connectivity index (χ0v) is 12.6. The SMILES string of the molecule is CCN[C@H](C)CNC(=O)c1cccc(NC(=O)C2CC2)c1. The molecular formula is C16H23N3O2. The zero-order chi connectivity index (χ0) is 15.2. The van der Waals surface area contributed by atoms with Gasteiger partial charge >= 0.3 is 0 Å². The third kappa shape index (κ3) is 4.86. The first kappa shape index (κ1) is 15.5. The summed E-state index contributed by atoms with van der Waals surface area (Å²) in [7, 11) is 0. The van der Waals surface area contributed by atoms with E-state index in [0.717, 1.165) is 19.4 Å². The van der Waals surface area contributed by atoms with E-state index in [9.17, 15) is 9.59 Å². The zero-order valence-electron chi connectivity index (χ0n) is 12.6. The average molecular weight is 289 g/mol. The van der Waals surface area contributed by atoms with Crippen LogP contribution in [-0.2, 0) is 4.79 Å². The number of hydrogen-bond donors (Lipinski definition) is 3. The minimum Gasteiger partial charge on any atom is -0.350 e. The second kappa shape index (κ2) is 7.22. The van der Waals surface area contributed by atoms with E-state index in [1.165, 1.54) is 0 Å². The van der Waals surface area contributed by atoms with Crippen LogP contribution in [0.15, 0.2) is 24.3 Å². The molecule has 1 aromatic rings. The maximum Gasteiger partial charge on any atom is 0.251 e. The lowest BCUT2D eigenvalue weighted by atomic mass is 10.1. The third-order valence-corrected chi connectivity index (χ3v) is 3.46. The van der Waals surface area contributed by atoms with E-state index in [0.29, 0.717) is 17.8 Å². The lowest BCUT2D eigenvalue weighted by Gasteiger charge is -2.13. The molecule has 2 amide bonds. The summed E-state index contributed by atoms with van der Waals surface area (Å²) in [5.41, 5.74) is 1.24. The largest absolute Gasteiger partial charge is 0.350 e. The molecule has 5 nitrogen and oxygen atoms in total. The molecule has 21 heavy (non-hydrogen) atoms. The lowest BCUT2D eigenvalue weighted by Crippen LogP contribution is -2.38. The Balaban J connectivity index is 1.89. The van der Waals surface area contributed by atoms with Crippen LogP contribution in [0.5, 0.6) is 0 Å². The lowest BCUT2D eigenvalue weighted by molar-refractivity contribution is -0.117. The number of nitrogens with one attached hydrogen (secondary N) is 3. The Bertz CT molecular complexity index is 512. The van der Waals surface area contributed by atoms with Crippen LogP contribution in [-0.4, -0.2) is 30.9 Å². The molecule has 0 saturated heterocycles. The van der Waals surface area contributed by atoms with Crippen molar-refractivity contribution in [3.05, 3.63) is 29.8 Å². The van der Waals surface area contributed by atoms with Gasteiger partial charge in [-0.1, -0.05) is 13.0 Å². The van der Waals surface area contributed by atoms with Crippen LogP contribution < -0.4 is 16.0 Å². The second-order valence-electron chi connectivity index (χ2n) is 5.51. The predicted molar refractivity (Wildman–Crippen MR) is 83.3 cm³/mol. The Morgan fingerprint density at radius 1 is 1.33 bits per heavy atom. The van der Waals surface area contributed by atoms with Gasteiger partial charge in [0, 0.05) is 29.8 Å². The van der Waals surface area contributed by atoms with Crippen molar-refractivity contribution in [2.24, 2.45) is 5.92 Å². The summed E-state index contributed by atoms with van der Waals surface area (Å²) in [4.78, 5) is 23.8. The summed E-state index contributed by atoms with van der Waals surface area (Å²) in [6.07, 6.45) is 1.93. The monoisotopic (exact) mass is 289 g/mol. The van der Waals surface area contributed by atoms with Crippen molar-refractivity contribution in [3.63, 3.8) is 0 Å². The van der Waals surface area contributed by atoms with E-state index in [-0.39, 0.29) is 23.8 Å². The average Bonchev–Trinajstić information content (AvgIpc) is 3.30. The Labute approximate surface area is 125 Å². The highest BCUT2D eigenvalue weighted by molar-refractivity contribution is 5.98. The molecule has 0 aliphatic heterocycles. The van der Waals surface area contributed by atoms with Gasteiger partial charge in [-0.05, 0) is 44.5 Å². The molecule has 0 bridgehead atoms. The summed E-state index contributed by atoms with van der Waals surface area (Å²) in [6, 6.07) is 7.29. The summed E-state index contributed by atoms with van der Waals surface area (Å²) < 4.78 is 0. The quantitative estimate of drug-likeness (QED) is 0.716. The molecule has 1 atom stereocenters. The number of carbonyl (C=O) groups excluding carboxylic acids is 2. The van der Waals surface area contributed by atoms with Crippen LogP contribution >= 0.6 is 0 Å². The number of likely N-dealkylation sites (N-methyl/N-ethyl adjacent to an activating group) is 1. The molecule has 0 spiro atoms. The van der Waals surface area contributed by atoms with Crippen molar-refractivity contribution in [2.45, 2.75) is 32.7 Å². The number of benzene rings is 1. The van der Waals surface area contributed by atoms with Crippen LogP contribution in [0.1, 0.15) is 37.0 Å². The smallest absolute Gasteiger partial charge is 0.251 e. The van der Waals surface area contributed by atoms with E-state index < -0.39 is 0 Å². The summed E-state index contributed by atoms with van der Waals surface area (Å²) >= 11 is 0. The molecule has 0 radical (unpaired) electrons. The first-order chi connectivity index (χ1) is 10.1. The van der Waals surface area contributed by atoms with Gasteiger partial charge < -0.3 is 16.0 Å². The molecule has 0 aromatic heterocycles. The fourth-order valence-electron chi connectivity index (χ4n) is 2.10. The van der Waals surface area contributed by atoms with Crippen LogP contribution in [0.2, 0.25) is 0 Å². The summed E-state index contributed by atoms with van der Waals surface area (Å²) in [6.45, 7) is 5.51. The van der Waals surface area contributed by atoms with Gasteiger partial charge in [0.05, 0.1) is 0 Å². The standard InChI is InChI=1S/C16H23N3O2/c1-3-17-11(2)10-18-15(20)13-5-4-6-14(9-13)19-16(21)12-7-8-12/h4-6,9,11-12,17H,3,7-8,10H2,1-2H3,(H,18,20)(H,19,21)/t11-/m1/s1. The molecule has 1 aliphatic rings. The number of carbonyl (C=O) groups is 2. The van der Waals surface area contributed by atoms with Gasteiger partial charge in [-0.2, -0.15) is 0 Å². The Hall–Kier alpha value is -1.88. The van der Waals surface area contributed by atoms with Crippen molar-refractivity contribution in [1.29, 1.82) is 0 Å². The van der Waals surface area contributed by atoms with Crippen molar-refractivity contribution >= 4 is 17.5 Å². The van der Waals surface area contributed by atoms with Gasteiger partial charge in [0.2, 0.25) is 5.91 Å². The topological polar surface area (TPSA) is 70.2 Å². The van der Waals surface area contributed by atoms with Crippen molar-refractivity contribution in [2.75, 3.05) is 18.4 Å². The molecule has 2 rings (SSSR count). The predicted octanol–water partition coefficient (Wildman–Crippen LogP) is 1.76. The van der Waals surface area contributed by atoms with Gasteiger partial charge in [0.25, 0.3) is 5.91 Å². The van der Waals surface area contributed by atoms with Crippen molar-refractivity contribution in [1.82, 2.24) is 10.6 Å². The van der Waals surface area contributed by atoms with Crippen molar-refractivity contribution in [3.8, 4) is 0 Å². The van der Waals surface area contributed by atoms with Gasteiger partial charge in [-0.25, -0.2) is 0 Å². The second-order valence-corrected chi connectivity index (χ2v) is 5.51. The Morgan fingerprint density at radius 2 is 2.10 bits per heavy atom. The summed E-state index contributed by atoms with van der Waals surface area (Å²) in [5.74, 6) is 0.0825. The molecular weight excluding hydrogens is 266 g/mol. The number of rotatable bonds is 7. The van der Waals surface area contributed by atoms with Crippen LogP contribution in [0.3, 0.4) is 0 Å². The molecule has 3 N–H and O–H groups in total. The number of hydrogen-bond acceptors (Lipinski definition) is 3. The van der Waals surface area contributed by atoms with Gasteiger partial charge in [0.15, 0.2) is 0 Å². The Kier molecular flexibility index (Phi) is 5.33. The van der Waals surface area contributed by atoms with Crippen molar-refractivity contribution < 1.29 is 9.59 Å². The molecule has 0 heterocycles. The number of amides is 2. The maximum atomic E-state index is 12.1. The van der Waals surface area contributed by atoms with E-state index in [2.05, 4.69) is 16.0 Å². The first-order valence-corrected chi connectivity index (χ1v) is 7.52. The van der Waals surface area contributed by atoms with E-state index in [1.54, 1.807) is 24.3 Å². The van der Waals surface area contributed by atoms with Gasteiger partial charge in [-0.3, -0.25) is 9.59 Å².